The monoisotopic (exact) mass is 299 g/mol. The van der Waals surface area contributed by atoms with Gasteiger partial charge in [0.1, 0.15) is 0 Å². The number of aromatic nitrogens is 1. The Balaban J connectivity index is 1.55. The normalized spacial score (nSPS) is 15.4. The molecule has 1 aliphatic carbocycles. The van der Waals surface area contributed by atoms with Crippen LogP contribution in [0, 0.1) is 5.92 Å². The Morgan fingerprint density at radius 3 is 2.82 bits per heavy atom. The lowest BCUT2D eigenvalue weighted by molar-refractivity contribution is 0.186. The first-order valence-corrected chi connectivity index (χ1v) is 7.66. The average Bonchev–Trinajstić information content (AvgIpc) is 3.30. The molecular weight excluding hydrogens is 278 g/mol. The van der Waals surface area contributed by atoms with Crippen LogP contribution in [0.25, 0.3) is 11.3 Å². The molecule has 0 bridgehead atoms. The average molecular weight is 299 g/mol. The zero-order valence-corrected chi connectivity index (χ0v) is 13.0. The molecule has 0 saturated heterocycles. The van der Waals surface area contributed by atoms with Crippen LogP contribution in [0.5, 0.6) is 0 Å². The van der Waals surface area contributed by atoms with Gasteiger partial charge in [-0.25, -0.2) is 9.78 Å². The summed E-state index contributed by atoms with van der Waals surface area (Å²) in [6.07, 6.45) is 4.13. The minimum Gasteiger partial charge on any atom is -0.439 e. The van der Waals surface area contributed by atoms with Gasteiger partial charge in [0.15, 0.2) is 5.76 Å². The number of nitrogens with zero attached hydrogens (tertiary/aromatic N) is 2. The zero-order valence-electron chi connectivity index (χ0n) is 13.0. The van der Waals surface area contributed by atoms with Gasteiger partial charge in [-0.3, -0.25) is 0 Å². The van der Waals surface area contributed by atoms with Crippen molar-refractivity contribution < 1.29 is 9.21 Å². The summed E-state index contributed by atoms with van der Waals surface area (Å²) in [5.41, 5.74) is 0.979. The molecule has 1 heterocycles. The fourth-order valence-corrected chi connectivity index (χ4v) is 2.48. The minimum absolute atomic E-state index is 0.0844. The fourth-order valence-electron chi connectivity index (χ4n) is 2.48. The molecule has 1 aromatic carbocycles. The molecule has 1 saturated carbocycles. The van der Waals surface area contributed by atoms with Crippen molar-refractivity contribution in [2.75, 3.05) is 7.05 Å². The van der Waals surface area contributed by atoms with Crippen molar-refractivity contribution in [2.24, 2.45) is 5.92 Å². The molecule has 3 rings (SSSR count). The Hall–Kier alpha value is -2.30. The van der Waals surface area contributed by atoms with Crippen molar-refractivity contribution >= 4 is 6.03 Å². The van der Waals surface area contributed by atoms with E-state index in [1.807, 2.05) is 37.4 Å². The number of hydrogen-bond acceptors (Lipinski definition) is 3. The third kappa shape index (κ3) is 3.30. The summed E-state index contributed by atoms with van der Waals surface area (Å²) in [6.45, 7) is 2.39. The van der Waals surface area contributed by atoms with E-state index < -0.39 is 0 Å². The highest BCUT2D eigenvalue weighted by Crippen LogP contribution is 2.34. The number of nitrogens with one attached hydrogen (secondary N) is 1. The van der Waals surface area contributed by atoms with Gasteiger partial charge in [0, 0.05) is 18.7 Å². The quantitative estimate of drug-likeness (QED) is 0.921. The van der Waals surface area contributed by atoms with Gasteiger partial charge in [-0.1, -0.05) is 30.3 Å². The Labute approximate surface area is 130 Å². The Morgan fingerprint density at radius 2 is 2.14 bits per heavy atom. The Bertz CT molecular complexity index is 634. The fraction of sp³-hybridized carbons (Fsp3) is 0.412. The Morgan fingerprint density at radius 1 is 1.41 bits per heavy atom. The van der Waals surface area contributed by atoms with Gasteiger partial charge in [-0.05, 0) is 25.7 Å². The summed E-state index contributed by atoms with van der Waals surface area (Å²) in [7, 11) is 1.84. The van der Waals surface area contributed by atoms with E-state index in [0.29, 0.717) is 24.1 Å². The minimum atomic E-state index is -0.0844. The molecular formula is C17H21N3O2. The molecule has 0 aliphatic heterocycles. The molecule has 0 spiro atoms. The maximum atomic E-state index is 12.1. The number of oxazole rings is 1. The number of amides is 2. The van der Waals surface area contributed by atoms with Crippen LogP contribution in [-0.2, 0) is 6.54 Å². The van der Waals surface area contributed by atoms with Crippen molar-refractivity contribution in [3.8, 4) is 11.3 Å². The summed E-state index contributed by atoms with van der Waals surface area (Å²) >= 11 is 0. The molecule has 22 heavy (non-hydrogen) atoms. The number of benzene rings is 1. The van der Waals surface area contributed by atoms with Gasteiger partial charge >= 0.3 is 6.03 Å². The molecule has 5 heteroatoms. The SMILES string of the molecule is CC(C1CC1)N(C)C(=O)NCc1ncc(-c2ccccc2)o1. The van der Waals surface area contributed by atoms with Crippen LogP contribution in [0.2, 0.25) is 0 Å². The summed E-state index contributed by atoms with van der Waals surface area (Å²) < 4.78 is 5.68. The van der Waals surface area contributed by atoms with Crippen molar-refractivity contribution in [1.29, 1.82) is 0 Å². The highest BCUT2D eigenvalue weighted by molar-refractivity contribution is 5.74. The number of urea groups is 1. The smallest absolute Gasteiger partial charge is 0.317 e. The van der Waals surface area contributed by atoms with Gasteiger partial charge in [0.25, 0.3) is 0 Å². The maximum Gasteiger partial charge on any atom is 0.317 e. The highest BCUT2D eigenvalue weighted by Gasteiger charge is 2.32. The van der Waals surface area contributed by atoms with Crippen molar-refractivity contribution in [2.45, 2.75) is 32.4 Å². The van der Waals surface area contributed by atoms with Gasteiger partial charge in [0.2, 0.25) is 5.89 Å². The van der Waals surface area contributed by atoms with E-state index in [0.717, 1.165) is 5.56 Å². The van der Waals surface area contributed by atoms with Crippen LogP contribution < -0.4 is 5.32 Å². The predicted octanol–water partition coefficient (Wildman–Crippen LogP) is 3.28. The molecule has 1 fully saturated rings. The second-order valence-corrected chi connectivity index (χ2v) is 5.83. The summed E-state index contributed by atoms with van der Waals surface area (Å²) in [6, 6.07) is 9.99. The van der Waals surface area contributed by atoms with E-state index in [9.17, 15) is 4.79 Å². The molecule has 2 aromatic rings. The molecule has 1 unspecified atom stereocenters. The van der Waals surface area contributed by atoms with E-state index in [4.69, 9.17) is 4.42 Å². The van der Waals surface area contributed by atoms with E-state index in [-0.39, 0.29) is 12.1 Å². The van der Waals surface area contributed by atoms with E-state index in [1.54, 1.807) is 11.1 Å². The second kappa shape index (κ2) is 6.22. The topological polar surface area (TPSA) is 58.4 Å². The first-order chi connectivity index (χ1) is 10.6. The van der Waals surface area contributed by atoms with Gasteiger partial charge in [-0.15, -0.1) is 0 Å². The molecule has 2 amide bonds. The first-order valence-electron chi connectivity index (χ1n) is 7.66. The lowest BCUT2D eigenvalue weighted by Crippen LogP contribution is -2.43. The van der Waals surface area contributed by atoms with Crippen LogP contribution in [0.4, 0.5) is 4.79 Å². The van der Waals surface area contributed by atoms with Gasteiger partial charge in [-0.2, -0.15) is 0 Å². The summed E-state index contributed by atoms with van der Waals surface area (Å²) in [4.78, 5) is 18.1. The number of rotatable bonds is 5. The molecule has 1 atom stereocenters. The molecule has 0 radical (unpaired) electrons. The lowest BCUT2D eigenvalue weighted by atomic mass is 10.2. The second-order valence-electron chi connectivity index (χ2n) is 5.83. The standard InChI is InChI=1S/C17H21N3O2/c1-12(13-8-9-13)20(2)17(21)19-11-16-18-10-15(22-16)14-6-4-3-5-7-14/h3-7,10,12-13H,8-9,11H2,1-2H3,(H,19,21). The third-order valence-corrected chi connectivity index (χ3v) is 4.24. The maximum absolute atomic E-state index is 12.1. The van der Waals surface area contributed by atoms with Gasteiger partial charge < -0.3 is 14.6 Å². The van der Waals surface area contributed by atoms with Crippen molar-refractivity contribution in [3.05, 3.63) is 42.4 Å². The van der Waals surface area contributed by atoms with Crippen molar-refractivity contribution in [3.63, 3.8) is 0 Å². The van der Waals surface area contributed by atoms with Crippen LogP contribution in [-0.4, -0.2) is 29.0 Å². The number of hydrogen-bond donors (Lipinski definition) is 1. The van der Waals surface area contributed by atoms with Crippen LogP contribution in [0.1, 0.15) is 25.7 Å². The van der Waals surface area contributed by atoms with E-state index in [1.165, 1.54) is 12.8 Å². The molecule has 1 N–H and O–H groups in total. The summed E-state index contributed by atoms with van der Waals surface area (Å²) in [5, 5.41) is 2.86. The number of carbonyl (C=O) groups excluding carboxylic acids is 1. The first kappa shape index (κ1) is 14.6. The molecule has 1 aromatic heterocycles. The van der Waals surface area contributed by atoms with Gasteiger partial charge in [0.05, 0.1) is 12.7 Å². The van der Waals surface area contributed by atoms with Crippen LogP contribution >= 0.6 is 0 Å². The Kier molecular flexibility index (Phi) is 4.13. The van der Waals surface area contributed by atoms with E-state index in [2.05, 4.69) is 17.2 Å². The summed E-state index contributed by atoms with van der Waals surface area (Å²) in [5.74, 6) is 1.88. The highest BCUT2D eigenvalue weighted by atomic mass is 16.4. The van der Waals surface area contributed by atoms with Crippen LogP contribution in [0.15, 0.2) is 40.9 Å². The van der Waals surface area contributed by atoms with Crippen molar-refractivity contribution in [1.82, 2.24) is 15.2 Å². The lowest BCUT2D eigenvalue weighted by Gasteiger charge is -2.24. The largest absolute Gasteiger partial charge is 0.439 e. The molecule has 5 nitrogen and oxygen atoms in total. The van der Waals surface area contributed by atoms with E-state index >= 15 is 0 Å². The third-order valence-electron chi connectivity index (χ3n) is 4.24. The molecule has 116 valence electrons. The predicted molar refractivity (Wildman–Crippen MR) is 84.1 cm³/mol. The number of carbonyl (C=O) groups is 1. The van der Waals surface area contributed by atoms with Crippen LogP contribution in [0.3, 0.4) is 0 Å². The molecule has 1 aliphatic rings. The zero-order chi connectivity index (χ0) is 15.5.